The monoisotopic (exact) mass is 444 g/mol. The predicted octanol–water partition coefficient (Wildman–Crippen LogP) is 3.98. The number of para-hydroxylation sites is 1. The van der Waals surface area contributed by atoms with Crippen LogP contribution in [0, 0.1) is 10.1 Å². The molecule has 0 aliphatic rings. The van der Waals surface area contributed by atoms with E-state index < -0.39 is 50.9 Å². The third kappa shape index (κ3) is 5.56. The first-order valence-corrected chi connectivity index (χ1v) is 10.3. The molecule has 11 heteroatoms. The lowest BCUT2D eigenvalue weighted by molar-refractivity contribution is -0.385. The van der Waals surface area contributed by atoms with Crippen LogP contribution >= 0.6 is 0 Å². The summed E-state index contributed by atoms with van der Waals surface area (Å²) in [7, 11) is -3.61. The molecule has 0 aliphatic heterocycles. The van der Waals surface area contributed by atoms with Gasteiger partial charge in [-0.15, -0.1) is 0 Å². The lowest BCUT2D eigenvalue weighted by atomic mass is 10.1. The molecule has 0 aliphatic carbocycles. The molecule has 0 unspecified atom stereocenters. The summed E-state index contributed by atoms with van der Waals surface area (Å²) in [4.78, 5) is 23.5. The van der Waals surface area contributed by atoms with Gasteiger partial charge in [-0.05, 0) is 38.1 Å². The van der Waals surface area contributed by atoms with Crippen molar-refractivity contribution in [2.75, 3.05) is 6.54 Å². The number of nitrogens with zero attached hydrogens (tertiary/aromatic N) is 2. The molecule has 162 valence electrons. The largest absolute Gasteiger partial charge is 0.406 e. The molecule has 2 rings (SSSR count). The Hall–Kier alpha value is -2.95. The minimum absolute atomic E-state index is 0.0564. The Kier molecular flexibility index (Phi) is 6.86. The van der Waals surface area contributed by atoms with Crippen LogP contribution in [-0.4, -0.2) is 42.1 Å². The molecule has 0 aromatic heterocycles. The smallest absolute Gasteiger partial charge is 0.325 e. The van der Waals surface area contributed by atoms with Gasteiger partial charge < -0.3 is 4.90 Å². The van der Waals surface area contributed by atoms with Crippen LogP contribution in [-0.2, 0) is 16.4 Å². The number of sulfone groups is 1. The number of hydrogen-bond acceptors (Lipinski definition) is 5. The van der Waals surface area contributed by atoms with Crippen molar-refractivity contribution in [2.24, 2.45) is 0 Å². The first-order chi connectivity index (χ1) is 13.8. The van der Waals surface area contributed by atoms with Crippen LogP contribution in [0.2, 0.25) is 0 Å². The number of nitro benzene ring substituents is 1. The first kappa shape index (κ1) is 23.3. The van der Waals surface area contributed by atoms with E-state index >= 15 is 0 Å². The minimum Gasteiger partial charge on any atom is -0.325 e. The SMILES string of the molecule is CC(C)S(=O)(=O)c1ccc(C(=O)N(Cc2ccccc2[N+](=O)[O-])CC(F)(F)F)cc1. The van der Waals surface area contributed by atoms with E-state index in [2.05, 4.69) is 0 Å². The molecule has 0 saturated carbocycles. The lowest BCUT2D eigenvalue weighted by Gasteiger charge is -2.24. The molecule has 0 fully saturated rings. The van der Waals surface area contributed by atoms with Crippen molar-refractivity contribution in [3.8, 4) is 0 Å². The van der Waals surface area contributed by atoms with Crippen LogP contribution in [0.5, 0.6) is 0 Å². The van der Waals surface area contributed by atoms with E-state index in [1.54, 1.807) is 0 Å². The summed E-state index contributed by atoms with van der Waals surface area (Å²) in [5, 5.41) is 10.4. The van der Waals surface area contributed by atoms with Gasteiger partial charge in [0.05, 0.1) is 21.6 Å². The average molecular weight is 444 g/mol. The molecule has 30 heavy (non-hydrogen) atoms. The van der Waals surface area contributed by atoms with E-state index in [1.807, 2.05) is 0 Å². The van der Waals surface area contributed by atoms with E-state index in [0.29, 0.717) is 4.90 Å². The summed E-state index contributed by atoms with van der Waals surface area (Å²) in [6, 6.07) is 9.75. The number of benzene rings is 2. The molecule has 1 amide bonds. The van der Waals surface area contributed by atoms with Crippen LogP contribution in [0.1, 0.15) is 29.8 Å². The normalized spacial score (nSPS) is 12.1. The number of carbonyl (C=O) groups is 1. The predicted molar refractivity (Wildman–Crippen MR) is 103 cm³/mol. The molecule has 2 aromatic carbocycles. The topological polar surface area (TPSA) is 97.6 Å². The number of rotatable bonds is 7. The fourth-order valence-corrected chi connectivity index (χ4v) is 3.75. The minimum atomic E-state index is -4.74. The van der Waals surface area contributed by atoms with Crippen molar-refractivity contribution in [3.05, 3.63) is 69.8 Å². The van der Waals surface area contributed by atoms with Gasteiger partial charge in [-0.1, -0.05) is 18.2 Å². The highest BCUT2D eigenvalue weighted by molar-refractivity contribution is 7.92. The zero-order valence-corrected chi connectivity index (χ0v) is 16.9. The summed E-state index contributed by atoms with van der Waals surface area (Å²) < 4.78 is 63.5. The van der Waals surface area contributed by atoms with E-state index in [0.717, 1.165) is 30.3 Å². The molecular weight excluding hydrogens is 425 g/mol. The van der Waals surface area contributed by atoms with Crippen LogP contribution in [0.3, 0.4) is 0 Å². The van der Waals surface area contributed by atoms with Crippen molar-refractivity contribution < 1.29 is 31.3 Å². The van der Waals surface area contributed by atoms with Crippen LogP contribution in [0.4, 0.5) is 18.9 Å². The summed E-state index contributed by atoms with van der Waals surface area (Å²) in [6.07, 6.45) is -4.74. The van der Waals surface area contributed by atoms with Crippen LogP contribution in [0.25, 0.3) is 0 Å². The summed E-state index contributed by atoms with van der Waals surface area (Å²) in [5.74, 6) is -1.03. The molecule has 0 spiro atoms. The van der Waals surface area contributed by atoms with E-state index in [-0.39, 0.29) is 16.0 Å². The van der Waals surface area contributed by atoms with Gasteiger partial charge in [0, 0.05) is 17.2 Å². The van der Waals surface area contributed by atoms with Gasteiger partial charge in [-0.3, -0.25) is 14.9 Å². The third-order valence-corrected chi connectivity index (χ3v) is 6.43. The summed E-state index contributed by atoms with van der Waals surface area (Å²) >= 11 is 0. The molecule has 0 N–H and O–H groups in total. The number of hydrogen-bond donors (Lipinski definition) is 0. The highest BCUT2D eigenvalue weighted by Gasteiger charge is 2.34. The van der Waals surface area contributed by atoms with Gasteiger partial charge in [0.25, 0.3) is 11.6 Å². The standard InChI is InChI=1S/C19H19F3N2O5S/c1-13(2)30(28,29)16-9-7-14(8-10-16)18(25)23(12-19(20,21)22)11-15-5-3-4-6-17(15)24(26)27/h3-10,13H,11-12H2,1-2H3. The fraction of sp³-hybridized carbons (Fsp3) is 0.316. The number of amides is 1. The Morgan fingerprint density at radius 1 is 1.10 bits per heavy atom. The fourth-order valence-electron chi connectivity index (χ4n) is 2.69. The van der Waals surface area contributed by atoms with E-state index in [4.69, 9.17) is 0 Å². The van der Waals surface area contributed by atoms with Gasteiger partial charge >= 0.3 is 6.18 Å². The maximum atomic E-state index is 13.0. The second kappa shape index (κ2) is 8.82. The average Bonchev–Trinajstić information content (AvgIpc) is 2.66. The van der Waals surface area contributed by atoms with Gasteiger partial charge in [0.1, 0.15) is 6.54 Å². The van der Waals surface area contributed by atoms with E-state index in [9.17, 15) is 36.5 Å². The van der Waals surface area contributed by atoms with Gasteiger partial charge in [-0.2, -0.15) is 13.2 Å². The number of halogens is 3. The van der Waals surface area contributed by atoms with Crippen molar-refractivity contribution >= 4 is 21.4 Å². The van der Waals surface area contributed by atoms with Crippen molar-refractivity contribution in [3.63, 3.8) is 0 Å². The summed E-state index contributed by atoms with van der Waals surface area (Å²) in [6.45, 7) is 0.698. The molecule has 0 heterocycles. The Labute approximate surface area is 171 Å². The molecular formula is C19H19F3N2O5S. The Balaban J connectivity index is 2.38. The van der Waals surface area contributed by atoms with Gasteiger partial charge in [0.2, 0.25) is 0 Å². The Morgan fingerprint density at radius 2 is 1.67 bits per heavy atom. The maximum Gasteiger partial charge on any atom is 0.406 e. The zero-order valence-electron chi connectivity index (χ0n) is 16.1. The second-order valence-corrected chi connectivity index (χ2v) is 9.28. The van der Waals surface area contributed by atoms with Crippen molar-refractivity contribution in [2.45, 2.75) is 36.7 Å². The molecule has 0 radical (unpaired) electrons. The van der Waals surface area contributed by atoms with Crippen LogP contribution in [0.15, 0.2) is 53.4 Å². The number of nitro groups is 1. The Bertz CT molecular complexity index is 1030. The molecule has 0 bridgehead atoms. The zero-order chi connectivity index (χ0) is 22.7. The number of alkyl halides is 3. The van der Waals surface area contributed by atoms with Gasteiger partial charge in [0.15, 0.2) is 9.84 Å². The van der Waals surface area contributed by atoms with Crippen molar-refractivity contribution in [1.82, 2.24) is 4.90 Å². The summed E-state index contributed by atoms with van der Waals surface area (Å²) in [5.41, 5.74) is -0.629. The molecule has 0 atom stereocenters. The Morgan fingerprint density at radius 3 is 2.17 bits per heavy atom. The van der Waals surface area contributed by atoms with Crippen molar-refractivity contribution in [1.29, 1.82) is 0 Å². The lowest BCUT2D eigenvalue weighted by Crippen LogP contribution is -2.38. The van der Waals surface area contributed by atoms with Crippen LogP contribution < -0.4 is 0 Å². The van der Waals surface area contributed by atoms with E-state index in [1.165, 1.54) is 32.0 Å². The number of carbonyl (C=O) groups excluding carboxylic acids is 1. The molecule has 7 nitrogen and oxygen atoms in total. The van der Waals surface area contributed by atoms with Gasteiger partial charge in [-0.25, -0.2) is 8.42 Å². The molecule has 2 aromatic rings. The maximum absolute atomic E-state index is 13.0. The highest BCUT2D eigenvalue weighted by atomic mass is 32.2. The third-order valence-electron chi connectivity index (χ3n) is 4.26. The molecule has 0 saturated heterocycles. The first-order valence-electron chi connectivity index (χ1n) is 8.75. The quantitative estimate of drug-likeness (QED) is 0.475. The highest BCUT2D eigenvalue weighted by Crippen LogP contribution is 2.25. The second-order valence-electron chi connectivity index (χ2n) is 6.78.